The number of hydrogen-bond acceptors (Lipinski definition) is 5. The molecule has 2 rings (SSSR count). The van der Waals surface area contributed by atoms with Crippen molar-refractivity contribution in [2.45, 2.75) is 26.8 Å². The number of nitrogens with one attached hydrogen (secondary N) is 1. The molecule has 2 heterocycles. The Labute approximate surface area is 109 Å². The fourth-order valence-corrected chi connectivity index (χ4v) is 3.27. The highest BCUT2D eigenvalue weighted by Gasteiger charge is 2.14. The minimum Gasteiger partial charge on any atom is -0.367 e. The molecule has 0 saturated carbocycles. The average molecular weight is 263 g/mol. The summed E-state index contributed by atoms with van der Waals surface area (Å²) < 4.78 is 4.20. The normalized spacial score (nSPS) is 12.1. The molecule has 2 aromatic heterocycles. The zero-order chi connectivity index (χ0) is 12.4. The van der Waals surface area contributed by atoms with Crippen LogP contribution in [-0.2, 0) is 0 Å². The number of rotatable bonds is 3. The first-order valence-corrected chi connectivity index (χ1v) is 6.90. The molecular formula is C12H13N3S2. The van der Waals surface area contributed by atoms with Crippen molar-refractivity contribution in [2.75, 3.05) is 5.32 Å². The Kier molecular flexibility index (Phi) is 3.46. The van der Waals surface area contributed by atoms with E-state index in [4.69, 9.17) is 5.26 Å². The number of thiophene rings is 1. The third kappa shape index (κ3) is 2.48. The van der Waals surface area contributed by atoms with E-state index in [-0.39, 0.29) is 6.04 Å². The Hall–Kier alpha value is -1.38. The number of aromatic nitrogens is 1. The maximum atomic E-state index is 9.05. The Morgan fingerprint density at radius 3 is 2.76 bits per heavy atom. The molecule has 3 nitrogen and oxygen atoms in total. The van der Waals surface area contributed by atoms with E-state index in [0.29, 0.717) is 5.56 Å². The monoisotopic (exact) mass is 263 g/mol. The van der Waals surface area contributed by atoms with Gasteiger partial charge < -0.3 is 5.32 Å². The number of hydrogen-bond donors (Lipinski definition) is 1. The second-order valence-corrected chi connectivity index (χ2v) is 5.99. The average Bonchev–Trinajstić information content (AvgIpc) is 2.86. The first kappa shape index (κ1) is 12.1. The Bertz CT molecular complexity index is 563. The molecule has 0 spiro atoms. The molecule has 17 heavy (non-hydrogen) atoms. The maximum Gasteiger partial charge on any atom is 0.128 e. The number of aryl methyl sites for hydroxylation is 2. The maximum absolute atomic E-state index is 9.05. The van der Waals surface area contributed by atoms with Gasteiger partial charge in [0.25, 0.3) is 0 Å². The van der Waals surface area contributed by atoms with Crippen molar-refractivity contribution in [1.82, 2.24) is 4.37 Å². The molecule has 1 atom stereocenters. The third-order valence-corrected chi connectivity index (χ3v) is 4.56. The number of nitrogens with zero attached hydrogens (tertiary/aromatic N) is 2. The van der Waals surface area contributed by atoms with Crippen LogP contribution in [0.2, 0.25) is 0 Å². The van der Waals surface area contributed by atoms with Crippen LogP contribution in [0.25, 0.3) is 0 Å². The highest BCUT2D eigenvalue weighted by molar-refractivity contribution is 7.12. The molecule has 0 aromatic carbocycles. The van der Waals surface area contributed by atoms with Crippen molar-refractivity contribution >= 4 is 27.9 Å². The van der Waals surface area contributed by atoms with Gasteiger partial charge in [-0.3, -0.25) is 0 Å². The molecule has 0 aliphatic rings. The predicted molar refractivity (Wildman–Crippen MR) is 72.7 cm³/mol. The molecular weight excluding hydrogens is 250 g/mol. The van der Waals surface area contributed by atoms with Crippen LogP contribution in [0.5, 0.6) is 0 Å². The van der Waals surface area contributed by atoms with Crippen LogP contribution in [0.3, 0.4) is 0 Å². The summed E-state index contributed by atoms with van der Waals surface area (Å²) in [4.78, 5) is 2.58. The summed E-state index contributed by atoms with van der Waals surface area (Å²) >= 11 is 3.13. The zero-order valence-corrected chi connectivity index (χ0v) is 11.6. The minimum atomic E-state index is 0.209. The molecule has 0 amide bonds. The molecule has 0 aliphatic carbocycles. The molecule has 1 N–H and O–H groups in total. The van der Waals surface area contributed by atoms with Gasteiger partial charge in [0.1, 0.15) is 16.6 Å². The SMILES string of the molecule is Cc1ccc(C(C)Nc2snc(C)c2C#N)s1. The summed E-state index contributed by atoms with van der Waals surface area (Å²) in [7, 11) is 0. The van der Waals surface area contributed by atoms with E-state index < -0.39 is 0 Å². The van der Waals surface area contributed by atoms with Gasteiger partial charge in [-0.25, -0.2) is 0 Å². The van der Waals surface area contributed by atoms with E-state index in [2.05, 4.69) is 41.7 Å². The van der Waals surface area contributed by atoms with E-state index >= 15 is 0 Å². The zero-order valence-electron chi connectivity index (χ0n) is 9.94. The standard InChI is InChI=1S/C12H13N3S2/c1-7-4-5-11(16-7)9(3)14-12-10(6-13)8(2)15-17-12/h4-5,9,14H,1-3H3. The highest BCUT2D eigenvalue weighted by Crippen LogP contribution is 2.30. The molecule has 0 saturated heterocycles. The van der Waals surface area contributed by atoms with Crippen LogP contribution in [-0.4, -0.2) is 4.37 Å². The van der Waals surface area contributed by atoms with Crippen molar-refractivity contribution in [3.05, 3.63) is 33.1 Å². The Balaban J connectivity index is 2.19. The lowest BCUT2D eigenvalue weighted by atomic mass is 10.2. The van der Waals surface area contributed by atoms with Crippen LogP contribution in [0.1, 0.15) is 34.0 Å². The molecule has 88 valence electrons. The van der Waals surface area contributed by atoms with Crippen LogP contribution in [0.4, 0.5) is 5.00 Å². The van der Waals surface area contributed by atoms with E-state index in [1.54, 1.807) is 11.3 Å². The van der Waals surface area contributed by atoms with E-state index in [1.807, 2.05) is 6.92 Å². The smallest absolute Gasteiger partial charge is 0.128 e. The summed E-state index contributed by atoms with van der Waals surface area (Å²) in [5, 5.41) is 13.3. The van der Waals surface area contributed by atoms with E-state index in [0.717, 1.165) is 10.7 Å². The molecule has 0 aliphatic heterocycles. The molecule has 0 bridgehead atoms. The quantitative estimate of drug-likeness (QED) is 0.914. The van der Waals surface area contributed by atoms with Gasteiger partial charge in [-0.15, -0.1) is 11.3 Å². The lowest BCUT2D eigenvalue weighted by molar-refractivity contribution is 0.912. The first-order valence-electron chi connectivity index (χ1n) is 5.31. The van der Waals surface area contributed by atoms with Gasteiger partial charge in [-0.2, -0.15) is 9.64 Å². The first-order chi connectivity index (χ1) is 8.11. The Morgan fingerprint density at radius 1 is 1.41 bits per heavy atom. The topological polar surface area (TPSA) is 48.7 Å². The summed E-state index contributed by atoms with van der Waals surface area (Å²) in [6, 6.07) is 6.64. The minimum absolute atomic E-state index is 0.209. The van der Waals surface area contributed by atoms with Gasteiger partial charge in [0.2, 0.25) is 0 Å². The highest BCUT2D eigenvalue weighted by atomic mass is 32.1. The third-order valence-electron chi connectivity index (χ3n) is 2.51. The number of nitriles is 1. The van der Waals surface area contributed by atoms with Crippen LogP contribution < -0.4 is 5.32 Å². The van der Waals surface area contributed by atoms with Gasteiger partial charge in [-0.1, -0.05) is 0 Å². The fourth-order valence-electron chi connectivity index (χ4n) is 1.55. The van der Waals surface area contributed by atoms with Gasteiger partial charge >= 0.3 is 0 Å². The van der Waals surface area contributed by atoms with Crippen molar-refractivity contribution in [3.8, 4) is 6.07 Å². The second-order valence-electron chi connectivity index (χ2n) is 3.90. The molecule has 1 unspecified atom stereocenters. The summed E-state index contributed by atoms with van der Waals surface area (Å²) in [5.74, 6) is 0. The van der Waals surface area contributed by atoms with Crippen LogP contribution >= 0.6 is 22.9 Å². The van der Waals surface area contributed by atoms with E-state index in [1.165, 1.54) is 21.3 Å². The molecule has 0 radical (unpaired) electrons. The lowest BCUT2D eigenvalue weighted by Gasteiger charge is -2.11. The summed E-state index contributed by atoms with van der Waals surface area (Å²) in [6.45, 7) is 6.06. The second kappa shape index (κ2) is 4.86. The van der Waals surface area contributed by atoms with Crippen LogP contribution in [0, 0.1) is 25.2 Å². The van der Waals surface area contributed by atoms with Gasteiger partial charge in [0.05, 0.1) is 11.7 Å². The molecule has 2 aromatic rings. The molecule has 0 fully saturated rings. The van der Waals surface area contributed by atoms with E-state index in [9.17, 15) is 0 Å². The summed E-state index contributed by atoms with van der Waals surface area (Å²) in [6.07, 6.45) is 0. The number of anilines is 1. The van der Waals surface area contributed by atoms with Crippen molar-refractivity contribution in [3.63, 3.8) is 0 Å². The van der Waals surface area contributed by atoms with Crippen molar-refractivity contribution in [1.29, 1.82) is 5.26 Å². The van der Waals surface area contributed by atoms with Gasteiger partial charge in [0.15, 0.2) is 0 Å². The lowest BCUT2D eigenvalue weighted by Crippen LogP contribution is -2.04. The van der Waals surface area contributed by atoms with Crippen LogP contribution in [0.15, 0.2) is 12.1 Å². The van der Waals surface area contributed by atoms with Crippen molar-refractivity contribution in [2.24, 2.45) is 0 Å². The fraction of sp³-hybridized carbons (Fsp3) is 0.333. The predicted octanol–water partition coefficient (Wildman–Crippen LogP) is 3.87. The van der Waals surface area contributed by atoms with Gasteiger partial charge in [0, 0.05) is 9.75 Å². The largest absolute Gasteiger partial charge is 0.367 e. The van der Waals surface area contributed by atoms with Gasteiger partial charge in [-0.05, 0) is 44.4 Å². The van der Waals surface area contributed by atoms with Crippen molar-refractivity contribution < 1.29 is 0 Å². The summed E-state index contributed by atoms with van der Waals surface area (Å²) in [5.41, 5.74) is 1.46. The Morgan fingerprint density at radius 2 is 2.18 bits per heavy atom. The molecule has 5 heteroatoms.